The molecule has 0 amide bonds. The first-order valence-electron chi connectivity index (χ1n) is 6.98. The molecular formula is C17H15ClO2S2. The average Bonchev–Trinajstić information content (AvgIpc) is 2.63. The van der Waals surface area contributed by atoms with E-state index >= 15 is 0 Å². The maximum atomic E-state index is 11.2. The molecule has 22 heavy (non-hydrogen) atoms. The molecule has 0 fully saturated rings. The van der Waals surface area contributed by atoms with Crippen molar-refractivity contribution in [1.29, 1.82) is 0 Å². The van der Waals surface area contributed by atoms with Crippen molar-refractivity contribution in [3.63, 3.8) is 0 Å². The molecule has 114 valence electrons. The van der Waals surface area contributed by atoms with Gasteiger partial charge in [0.2, 0.25) is 0 Å². The van der Waals surface area contributed by atoms with E-state index in [1.165, 1.54) is 32.7 Å². The lowest BCUT2D eigenvalue weighted by atomic mass is 10.0. The largest absolute Gasteiger partial charge is 0.480 e. The molecule has 0 spiro atoms. The fourth-order valence-electron chi connectivity index (χ4n) is 2.50. The molecule has 1 aliphatic rings. The van der Waals surface area contributed by atoms with Crippen molar-refractivity contribution in [2.24, 2.45) is 0 Å². The van der Waals surface area contributed by atoms with Gasteiger partial charge in [0.25, 0.3) is 0 Å². The Hall–Kier alpha value is -1.10. The highest BCUT2D eigenvalue weighted by molar-refractivity contribution is 8.01. The molecule has 3 rings (SSSR count). The van der Waals surface area contributed by atoms with Crippen LogP contribution in [0.3, 0.4) is 0 Å². The van der Waals surface area contributed by atoms with Crippen molar-refractivity contribution in [1.82, 2.24) is 0 Å². The number of hydrogen-bond acceptors (Lipinski definition) is 3. The summed E-state index contributed by atoms with van der Waals surface area (Å²) >= 11 is 9.36. The van der Waals surface area contributed by atoms with Crippen LogP contribution >= 0.6 is 35.1 Å². The number of halogens is 1. The van der Waals surface area contributed by atoms with Crippen molar-refractivity contribution in [2.45, 2.75) is 33.6 Å². The molecule has 2 nitrogen and oxygen atoms in total. The number of fused-ring (bicyclic) bond motifs is 2. The second-order valence-corrected chi connectivity index (χ2v) is 8.27. The van der Waals surface area contributed by atoms with Crippen LogP contribution in [0.1, 0.15) is 23.3 Å². The molecule has 1 N–H and O–H groups in total. The van der Waals surface area contributed by atoms with Crippen molar-refractivity contribution < 1.29 is 9.90 Å². The van der Waals surface area contributed by atoms with E-state index in [9.17, 15) is 9.90 Å². The molecule has 0 aromatic heterocycles. The van der Waals surface area contributed by atoms with Gasteiger partial charge in [-0.1, -0.05) is 41.6 Å². The summed E-state index contributed by atoms with van der Waals surface area (Å²) in [5.41, 5.74) is 2.39. The molecule has 0 saturated carbocycles. The summed E-state index contributed by atoms with van der Waals surface area (Å²) in [7, 11) is 0. The maximum Gasteiger partial charge on any atom is 0.316 e. The van der Waals surface area contributed by atoms with E-state index in [2.05, 4.69) is 12.1 Å². The van der Waals surface area contributed by atoms with Gasteiger partial charge >= 0.3 is 5.97 Å². The minimum absolute atomic E-state index is 0.120. The smallest absolute Gasteiger partial charge is 0.316 e. The molecule has 5 heteroatoms. The minimum atomic E-state index is -0.773. The molecule has 2 atom stereocenters. The van der Waals surface area contributed by atoms with E-state index in [0.717, 1.165) is 11.4 Å². The zero-order valence-electron chi connectivity index (χ0n) is 12.0. The fourth-order valence-corrected chi connectivity index (χ4v) is 5.13. The van der Waals surface area contributed by atoms with Gasteiger partial charge in [0.15, 0.2) is 0 Å². The second-order valence-electron chi connectivity index (χ2n) is 5.20. The molecule has 1 heterocycles. The lowest BCUT2D eigenvalue weighted by Gasteiger charge is -2.19. The predicted octanol–water partition coefficient (Wildman–Crippen LogP) is 5.29. The van der Waals surface area contributed by atoms with E-state index in [0.29, 0.717) is 0 Å². The number of carbonyl (C=O) groups is 1. The van der Waals surface area contributed by atoms with Crippen molar-refractivity contribution in [3.8, 4) is 0 Å². The number of rotatable bonds is 3. The number of thioether (sulfide) groups is 1. The Bertz CT molecular complexity index is 718. The Labute approximate surface area is 143 Å². The highest BCUT2D eigenvalue weighted by atomic mass is 35.5. The summed E-state index contributed by atoms with van der Waals surface area (Å²) in [5.74, 6) is -0.773. The van der Waals surface area contributed by atoms with Crippen molar-refractivity contribution in [2.75, 3.05) is 0 Å². The lowest BCUT2D eigenvalue weighted by molar-refractivity contribution is -0.136. The van der Waals surface area contributed by atoms with E-state index in [1.54, 1.807) is 18.7 Å². The van der Waals surface area contributed by atoms with Crippen LogP contribution in [0.4, 0.5) is 0 Å². The van der Waals surface area contributed by atoms with Gasteiger partial charge in [0, 0.05) is 20.1 Å². The van der Waals surface area contributed by atoms with Crippen LogP contribution in [0, 0.1) is 0 Å². The van der Waals surface area contributed by atoms with Crippen LogP contribution in [0.25, 0.3) is 0 Å². The highest BCUT2D eigenvalue weighted by Crippen LogP contribution is 2.47. The SMILES string of the molecule is CC(SC1Cc2cc(Cl)ccc2Sc2ccccc21)C(=O)O. The highest BCUT2D eigenvalue weighted by Gasteiger charge is 2.26. The van der Waals surface area contributed by atoms with Gasteiger partial charge < -0.3 is 5.11 Å². The molecule has 1 aliphatic heterocycles. The van der Waals surface area contributed by atoms with Crippen molar-refractivity contribution in [3.05, 3.63) is 58.6 Å². The standard InChI is InChI=1S/C17H15ClO2S2/c1-10(17(19)20)21-16-9-11-8-12(18)6-7-14(11)22-15-5-3-2-4-13(15)16/h2-8,10,16H,9H2,1H3,(H,19,20). The summed E-state index contributed by atoms with van der Waals surface area (Å²) < 4.78 is 0. The number of carboxylic acid groups (broad SMARTS) is 1. The normalized spacial score (nSPS) is 18.0. The van der Waals surface area contributed by atoms with E-state index in [4.69, 9.17) is 11.6 Å². The Morgan fingerprint density at radius 2 is 2.09 bits per heavy atom. The first kappa shape index (κ1) is 15.8. The van der Waals surface area contributed by atoms with Gasteiger partial charge in [-0.25, -0.2) is 0 Å². The number of hydrogen-bond donors (Lipinski definition) is 1. The van der Waals surface area contributed by atoms with Gasteiger partial charge in [-0.3, -0.25) is 4.79 Å². The van der Waals surface area contributed by atoms with Crippen LogP contribution < -0.4 is 0 Å². The van der Waals surface area contributed by atoms with Gasteiger partial charge in [0.05, 0.1) is 0 Å². The summed E-state index contributed by atoms with van der Waals surface area (Å²) in [4.78, 5) is 13.6. The molecule has 0 radical (unpaired) electrons. The predicted molar refractivity (Wildman–Crippen MR) is 93.2 cm³/mol. The first-order chi connectivity index (χ1) is 10.5. The van der Waals surface area contributed by atoms with Crippen LogP contribution in [-0.2, 0) is 11.2 Å². The molecular weight excluding hydrogens is 336 g/mol. The second kappa shape index (κ2) is 6.57. The molecule has 0 aliphatic carbocycles. The summed E-state index contributed by atoms with van der Waals surface area (Å²) in [6, 6.07) is 14.2. The monoisotopic (exact) mass is 350 g/mol. The molecule has 2 aromatic rings. The third-order valence-electron chi connectivity index (χ3n) is 3.63. The van der Waals surface area contributed by atoms with Crippen LogP contribution in [0.15, 0.2) is 52.3 Å². The Morgan fingerprint density at radius 3 is 2.86 bits per heavy atom. The fraction of sp³-hybridized carbons (Fsp3) is 0.235. The van der Waals surface area contributed by atoms with Gasteiger partial charge in [-0.2, -0.15) is 0 Å². The number of carboxylic acids is 1. The van der Waals surface area contributed by atoms with E-state index in [-0.39, 0.29) is 5.25 Å². The summed E-state index contributed by atoms with van der Waals surface area (Å²) in [6.07, 6.45) is 0.794. The summed E-state index contributed by atoms with van der Waals surface area (Å²) in [6.45, 7) is 1.74. The minimum Gasteiger partial charge on any atom is -0.480 e. The molecule has 2 aromatic carbocycles. The number of benzene rings is 2. The summed E-state index contributed by atoms with van der Waals surface area (Å²) in [5, 5.41) is 9.62. The van der Waals surface area contributed by atoms with Crippen molar-refractivity contribution >= 4 is 41.1 Å². The quantitative estimate of drug-likeness (QED) is 0.815. The van der Waals surface area contributed by atoms with Gasteiger partial charge in [-0.15, -0.1) is 11.8 Å². The molecule has 2 unspecified atom stereocenters. The Kier molecular flexibility index (Phi) is 4.71. The lowest BCUT2D eigenvalue weighted by Crippen LogP contribution is -2.14. The van der Waals surface area contributed by atoms with E-state index < -0.39 is 11.2 Å². The molecule has 0 bridgehead atoms. The topological polar surface area (TPSA) is 37.3 Å². The van der Waals surface area contributed by atoms with E-state index in [1.807, 2.05) is 30.3 Å². The third-order valence-corrected chi connectivity index (χ3v) is 6.43. The maximum absolute atomic E-state index is 11.2. The van der Waals surface area contributed by atoms with Crippen LogP contribution in [0.5, 0.6) is 0 Å². The zero-order chi connectivity index (χ0) is 15.7. The van der Waals surface area contributed by atoms with Gasteiger partial charge in [0.1, 0.15) is 5.25 Å². The third kappa shape index (κ3) is 3.29. The Balaban J connectivity index is 2.02. The van der Waals surface area contributed by atoms with Crippen LogP contribution in [-0.4, -0.2) is 16.3 Å². The number of aliphatic carboxylic acids is 1. The van der Waals surface area contributed by atoms with Crippen LogP contribution in [0.2, 0.25) is 5.02 Å². The first-order valence-corrected chi connectivity index (χ1v) is 9.12. The average molecular weight is 351 g/mol. The molecule has 0 saturated heterocycles. The Morgan fingerprint density at radius 1 is 1.32 bits per heavy atom. The van der Waals surface area contributed by atoms with Gasteiger partial charge in [-0.05, 0) is 48.7 Å². The zero-order valence-corrected chi connectivity index (χ0v) is 14.3.